The van der Waals surface area contributed by atoms with Crippen molar-refractivity contribution < 1.29 is 9.59 Å². The molecule has 0 aliphatic carbocycles. The van der Waals surface area contributed by atoms with Crippen molar-refractivity contribution in [1.82, 2.24) is 9.47 Å². The van der Waals surface area contributed by atoms with Crippen LogP contribution in [-0.4, -0.2) is 34.4 Å². The summed E-state index contributed by atoms with van der Waals surface area (Å²) in [5.74, 6) is 0.378. The van der Waals surface area contributed by atoms with Crippen molar-refractivity contribution in [2.75, 3.05) is 18.4 Å². The Morgan fingerprint density at radius 1 is 1.17 bits per heavy atom. The first kappa shape index (κ1) is 19.9. The van der Waals surface area contributed by atoms with Gasteiger partial charge in [0.25, 0.3) is 11.5 Å². The number of thiophene rings is 1. The van der Waals surface area contributed by atoms with Gasteiger partial charge in [-0.2, -0.15) is 0 Å². The SMILES string of the molecule is CC(C)(C)CC(=O)N1CC2CC(C1)c1ccc(NC(=O)c3cccs3)c(=O)n1C2. The van der Waals surface area contributed by atoms with Gasteiger partial charge in [0.15, 0.2) is 0 Å². The first-order valence-corrected chi connectivity index (χ1v) is 11.0. The maximum atomic E-state index is 13.0. The summed E-state index contributed by atoms with van der Waals surface area (Å²) < 4.78 is 1.80. The van der Waals surface area contributed by atoms with Crippen LogP contribution in [0.2, 0.25) is 0 Å². The topological polar surface area (TPSA) is 71.4 Å². The molecular formula is C22H27N3O3S. The van der Waals surface area contributed by atoms with E-state index in [2.05, 4.69) is 26.1 Å². The molecule has 7 heteroatoms. The number of hydrogen-bond acceptors (Lipinski definition) is 4. The van der Waals surface area contributed by atoms with Gasteiger partial charge in [-0.1, -0.05) is 26.8 Å². The third-order valence-electron chi connectivity index (χ3n) is 5.63. The zero-order chi connectivity index (χ0) is 20.8. The molecule has 4 rings (SSSR count). The van der Waals surface area contributed by atoms with Crippen LogP contribution in [0.4, 0.5) is 5.69 Å². The highest BCUT2D eigenvalue weighted by molar-refractivity contribution is 7.12. The molecule has 4 heterocycles. The predicted molar refractivity (Wildman–Crippen MR) is 114 cm³/mol. The Morgan fingerprint density at radius 2 is 1.97 bits per heavy atom. The molecule has 2 aliphatic rings. The van der Waals surface area contributed by atoms with Crippen LogP contribution in [0.3, 0.4) is 0 Å². The number of pyridine rings is 1. The fourth-order valence-corrected chi connectivity index (χ4v) is 5.02. The summed E-state index contributed by atoms with van der Waals surface area (Å²) in [6.07, 6.45) is 1.53. The lowest BCUT2D eigenvalue weighted by molar-refractivity contribution is -0.135. The minimum Gasteiger partial charge on any atom is -0.342 e. The van der Waals surface area contributed by atoms with Crippen molar-refractivity contribution in [1.29, 1.82) is 0 Å². The molecule has 0 aromatic carbocycles. The third-order valence-corrected chi connectivity index (χ3v) is 6.50. The molecule has 1 N–H and O–H groups in total. The molecule has 0 saturated carbocycles. The van der Waals surface area contributed by atoms with Crippen LogP contribution in [0.25, 0.3) is 0 Å². The summed E-state index contributed by atoms with van der Waals surface area (Å²) in [6.45, 7) is 8.19. The molecule has 29 heavy (non-hydrogen) atoms. The zero-order valence-electron chi connectivity index (χ0n) is 17.1. The monoisotopic (exact) mass is 413 g/mol. The van der Waals surface area contributed by atoms with Crippen LogP contribution in [-0.2, 0) is 11.3 Å². The van der Waals surface area contributed by atoms with Crippen molar-refractivity contribution in [2.24, 2.45) is 11.3 Å². The van der Waals surface area contributed by atoms with Gasteiger partial charge in [0, 0.05) is 37.7 Å². The van der Waals surface area contributed by atoms with E-state index in [1.807, 2.05) is 22.4 Å². The van der Waals surface area contributed by atoms with Gasteiger partial charge in [0.2, 0.25) is 5.91 Å². The number of carbonyl (C=O) groups excluding carboxylic acids is 2. The lowest BCUT2D eigenvalue weighted by Crippen LogP contribution is -2.49. The summed E-state index contributed by atoms with van der Waals surface area (Å²) in [4.78, 5) is 40.6. The first-order valence-electron chi connectivity index (χ1n) is 10.1. The number of piperidine rings is 1. The number of nitrogens with one attached hydrogen (secondary N) is 1. The smallest absolute Gasteiger partial charge is 0.274 e. The van der Waals surface area contributed by atoms with E-state index in [1.54, 1.807) is 16.7 Å². The maximum absolute atomic E-state index is 13.0. The van der Waals surface area contributed by atoms with Crippen LogP contribution in [0, 0.1) is 11.3 Å². The summed E-state index contributed by atoms with van der Waals surface area (Å²) in [7, 11) is 0. The van der Waals surface area contributed by atoms with Crippen LogP contribution in [0.15, 0.2) is 34.4 Å². The van der Waals surface area contributed by atoms with Gasteiger partial charge in [0.05, 0.1) is 4.88 Å². The Hall–Kier alpha value is -2.41. The third kappa shape index (κ3) is 4.15. The van der Waals surface area contributed by atoms with Crippen molar-refractivity contribution in [3.63, 3.8) is 0 Å². The number of anilines is 1. The van der Waals surface area contributed by atoms with Gasteiger partial charge in [-0.25, -0.2) is 0 Å². The van der Waals surface area contributed by atoms with E-state index in [0.717, 1.165) is 12.1 Å². The molecule has 0 spiro atoms. The molecule has 2 atom stereocenters. The first-order chi connectivity index (χ1) is 13.7. The largest absolute Gasteiger partial charge is 0.342 e. The van der Waals surface area contributed by atoms with Crippen molar-refractivity contribution in [2.45, 2.75) is 46.1 Å². The fraction of sp³-hybridized carbons (Fsp3) is 0.500. The second kappa shape index (κ2) is 7.44. The normalized spacial score (nSPS) is 20.9. The molecule has 2 amide bonds. The molecule has 2 unspecified atom stereocenters. The molecule has 2 aliphatic heterocycles. The summed E-state index contributed by atoms with van der Waals surface area (Å²) in [5, 5.41) is 4.59. The Labute approximate surface area is 174 Å². The average Bonchev–Trinajstić information content (AvgIpc) is 3.18. The van der Waals surface area contributed by atoms with E-state index in [4.69, 9.17) is 0 Å². The van der Waals surface area contributed by atoms with Crippen LogP contribution >= 0.6 is 11.3 Å². The average molecular weight is 414 g/mol. The highest BCUT2D eigenvalue weighted by atomic mass is 32.1. The van der Waals surface area contributed by atoms with Gasteiger partial charge in [-0.05, 0) is 41.3 Å². The van der Waals surface area contributed by atoms with Gasteiger partial charge in [-0.3, -0.25) is 14.4 Å². The number of hydrogen-bond donors (Lipinski definition) is 1. The molecule has 154 valence electrons. The minimum atomic E-state index is -0.257. The Kier molecular flexibility index (Phi) is 5.11. The fourth-order valence-electron chi connectivity index (χ4n) is 4.40. The van der Waals surface area contributed by atoms with Crippen molar-refractivity contribution in [3.05, 3.63) is 50.6 Å². The van der Waals surface area contributed by atoms with E-state index in [1.165, 1.54) is 11.3 Å². The standard InChI is InChI=1S/C22H27N3O3S/c1-22(2,3)10-19(26)24-11-14-9-15(13-24)17-7-6-16(21(28)25(17)12-14)23-20(27)18-5-4-8-29-18/h4-8,14-15H,9-13H2,1-3H3,(H,23,27). The number of aromatic nitrogens is 1. The van der Waals surface area contributed by atoms with Crippen molar-refractivity contribution in [3.8, 4) is 0 Å². The molecule has 0 radical (unpaired) electrons. The van der Waals surface area contributed by atoms with Gasteiger partial charge in [0.1, 0.15) is 5.69 Å². The number of likely N-dealkylation sites (tertiary alicyclic amines) is 1. The van der Waals surface area contributed by atoms with E-state index < -0.39 is 0 Å². The Balaban J connectivity index is 1.55. The maximum Gasteiger partial charge on any atom is 0.274 e. The number of nitrogens with zero attached hydrogens (tertiary/aromatic N) is 2. The number of fused-ring (bicyclic) bond motifs is 4. The molecule has 2 aromatic rings. The Bertz CT molecular complexity index is 988. The van der Waals surface area contributed by atoms with E-state index >= 15 is 0 Å². The zero-order valence-corrected chi connectivity index (χ0v) is 17.9. The molecule has 2 bridgehead atoms. The van der Waals surface area contributed by atoms with Gasteiger partial charge < -0.3 is 14.8 Å². The molecular weight excluding hydrogens is 386 g/mol. The molecule has 1 fully saturated rings. The number of rotatable bonds is 3. The van der Waals surface area contributed by atoms with Crippen LogP contribution < -0.4 is 10.9 Å². The van der Waals surface area contributed by atoms with E-state index in [0.29, 0.717) is 36.6 Å². The second-order valence-corrected chi connectivity index (χ2v) is 10.3. The highest BCUT2D eigenvalue weighted by Crippen LogP contribution is 2.36. The summed E-state index contributed by atoms with van der Waals surface area (Å²) in [6, 6.07) is 7.19. The Morgan fingerprint density at radius 3 is 2.66 bits per heavy atom. The second-order valence-electron chi connectivity index (χ2n) is 9.35. The molecule has 1 saturated heterocycles. The predicted octanol–water partition coefficient (Wildman–Crippen LogP) is 3.54. The van der Waals surface area contributed by atoms with Crippen molar-refractivity contribution >= 4 is 28.8 Å². The minimum absolute atomic E-state index is 0.0336. The van der Waals surface area contributed by atoms with Crippen LogP contribution in [0.5, 0.6) is 0 Å². The molecule has 2 aromatic heterocycles. The van der Waals surface area contributed by atoms with Gasteiger partial charge in [-0.15, -0.1) is 11.3 Å². The summed E-state index contributed by atoms with van der Waals surface area (Å²) in [5.41, 5.74) is 1.09. The lowest BCUT2D eigenvalue weighted by atomic mass is 9.82. The molecule has 6 nitrogen and oxygen atoms in total. The van der Waals surface area contributed by atoms with E-state index in [9.17, 15) is 14.4 Å². The van der Waals surface area contributed by atoms with E-state index in [-0.39, 0.29) is 34.6 Å². The summed E-state index contributed by atoms with van der Waals surface area (Å²) >= 11 is 1.35. The van der Waals surface area contributed by atoms with Crippen LogP contribution in [0.1, 0.15) is 54.9 Å². The number of carbonyl (C=O) groups is 2. The van der Waals surface area contributed by atoms with Gasteiger partial charge >= 0.3 is 0 Å². The lowest BCUT2D eigenvalue weighted by Gasteiger charge is -2.43. The quantitative estimate of drug-likeness (QED) is 0.837. The number of amides is 2. The highest BCUT2D eigenvalue weighted by Gasteiger charge is 2.37.